The van der Waals surface area contributed by atoms with Crippen molar-refractivity contribution in [3.63, 3.8) is 0 Å². The maximum Gasteiger partial charge on any atom is 0.258 e. The van der Waals surface area contributed by atoms with Gasteiger partial charge in [-0.25, -0.2) is 0 Å². The molecule has 0 unspecified atom stereocenters. The lowest BCUT2D eigenvalue weighted by Gasteiger charge is -2.32. The van der Waals surface area contributed by atoms with Gasteiger partial charge >= 0.3 is 0 Å². The molecule has 3 rings (SSSR count). The number of piperidine rings is 1. The minimum atomic E-state index is -0.0981. The second-order valence-corrected chi connectivity index (χ2v) is 6.42. The van der Waals surface area contributed by atoms with E-state index in [1.807, 2.05) is 13.0 Å². The number of aromatic nitrogens is 2. The third-order valence-corrected chi connectivity index (χ3v) is 4.31. The lowest BCUT2D eigenvalue weighted by atomic mass is 10.1. The van der Waals surface area contributed by atoms with Gasteiger partial charge in [0, 0.05) is 35.9 Å². The molecule has 1 amide bonds. The number of ether oxygens (including phenoxy) is 1. The molecule has 2 heterocycles. The number of aryl methyl sites for hydroxylation is 1. The van der Waals surface area contributed by atoms with Crippen LogP contribution in [0.4, 0.5) is 5.82 Å². The van der Waals surface area contributed by atoms with E-state index in [1.165, 1.54) is 0 Å². The van der Waals surface area contributed by atoms with Crippen molar-refractivity contribution in [2.45, 2.75) is 25.8 Å². The summed E-state index contributed by atoms with van der Waals surface area (Å²) in [6.07, 6.45) is 1.80. The summed E-state index contributed by atoms with van der Waals surface area (Å²) in [7, 11) is 0. The Morgan fingerprint density at radius 1 is 1.38 bits per heavy atom. The summed E-state index contributed by atoms with van der Waals surface area (Å²) in [5.74, 6) is 1.51. The van der Waals surface area contributed by atoms with Crippen LogP contribution in [0.3, 0.4) is 0 Å². The average Bonchev–Trinajstić information content (AvgIpc) is 3.01. The second-order valence-electron chi connectivity index (χ2n) is 5.98. The molecule has 1 aromatic heterocycles. The second kappa shape index (κ2) is 7.57. The molecule has 7 heteroatoms. The smallest absolute Gasteiger partial charge is 0.258 e. The van der Waals surface area contributed by atoms with Gasteiger partial charge in [0.1, 0.15) is 5.75 Å². The van der Waals surface area contributed by atoms with Crippen molar-refractivity contribution in [3.05, 3.63) is 41.0 Å². The van der Waals surface area contributed by atoms with Crippen LogP contribution in [-0.2, 0) is 4.79 Å². The fourth-order valence-electron chi connectivity index (χ4n) is 2.77. The molecule has 0 spiro atoms. The molecule has 0 saturated carbocycles. The molecule has 0 atom stereocenters. The quantitative estimate of drug-likeness (QED) is 0.871. The lowest BCUT2D eigenvalue weighted by molar-refractivity contribution is -0.123. The maximum atomic E-state index is 12.0. The van der Waals surface area contributed by atoms with E-state index >= 15 is 0 Å². The summed E-state index contributed by atoms with van der Waals surface area (Å²) < 4.78 is 5.46. The molecule has 0 radical (unpaired) electrons. The normalized spacial score (nSPS) is 15.3. The number of nitrogens with zero attached hydrogens (tertiary/aromatic N) is 2. The monoisotopic (exact) mass is 348 g/mol. The van der Waals surface area contributed by atoms with Gasteiger partial charge < -0.3 is 15.0 Å². The topological polar surface area (TPSA) is 70.2 Å². The molecule has 2 N–H and O–H groups in total. The third kappa shape index (κ3) is 4.41. The average molecular weight is 349 g/mol. The van der Waals surface area contributed by atoms with E-state index in [0.29, 0.717) is 10.8 Å². The molecule has 6 nitrogen and oxygen atoms in total. The Balaban J connectivity index is 1.40. The highest BCUT2D eigenvalue weighted by atomic mass is 35.5. The van der Waals surface area contributed by atoms with Crippen molar-refractivity contribution >= 4 is 23.3 Å². The van der Waals surface area contributed by atoms with Gasteiger partial charge in [-0.1, -0.05) is 11.6 Å². The van der Waals surface area contributed by atoms with Gasteiger partial charge in [-0.15, -0.1) is 0 Å². The number of hydrogen-bond acceptors (Lipinski definition) is 4. The van der Waals surface area contributed by atoms with Crippen LogP contribution in [0.1, 0.15) is 18.5 Å². The van der Waals surface area contributed by atoms with Gasteiger partial charge in [0.15, 0.2) is 12.4 Å². The van der Waals surface area contributed by atoms with Crippen LogP contribution in [-0.4, -0.2) is 41.8 Å². The molecule has 1 aromatic carbocycles. The van der Waals surface area contributed by atoms with Crippen molar-refractivity contribution in [1.29, 1.82) is 0 Å². The fraction of sp³-hybridized carbons (Fsp3) is 0.412. The Bertz CT molecular complexity index is 678. The van der Waals surface area contributed by atoms with E-state index in [2.05, 4.69) is 20.4 Å². The number of carbonyl (C=O) groups excluding carboxylic acids is 1. The number of H-pyrrole nitrogens is 1. The first-order valence-corrected chi connectivity index (χ1v) is 8.42. The number of amides is 1. The third-order valence-electron chi connectivity index (χ3n) is 4.06. The van der Waals surface area contributed by atoms with Crippen molar-refractivity contribution in [1.82, 2.24) is 15.5 Å². The number of nitrogens with one attached hydrogen (secondary N) is 2. The summed E-state index contributed by atoms with van der Waals surface area (Å²) in [6.45, 7) is 3.77. The Morgan fingerprint density at radius 2 is 2.08 bits per heavy atom. The van der Waals surface area contributed by atoms with E-state index < -0.39 is 0 Å². The minimum absolute atomic E-state index is 0.0143. The Labute approximate surface area is 146 Å². The van der Waals surface area contributed by atoms with E-state index in [9.17, 15) is 4.79 Å². The first-order chi connectivity index (χ1) is 11.6. The molecule has 1 aliphatic heterocycles. The maximum absolute atomic E-state index is 12.0. The molecular formula is C17H21ClN4O2. The van der Waals surface area contributed by atoms with Crippen LogP contribution in [0.5, 0.6) is 5.75 Å². The number of halogens is 1. The van der Waals surface area contributed by atoms with Crippen LogP contribution in [0.25, 0.3) is 0 Å². The van der Waals surface area contributed by atoms with E-state index in [-0.39, 0.29) is 18.6 Å². The zero-order valence-corrected chi connectivity index (χ0v) is 14.3. The molecule has 2 aromatic rings. The summed E-state index contributed by atoms with van der Waals surface area (Å²) in [5.41, 5.74) is 1.06. The van der Waals surface area contributed by atoms with Crippen LogP contribution >= 0.6 is 11.6 Å². The first kappa shape index (κ1) is 16.6. The number of carbonyl (C=O) groups is 1. The highest BCUT2D eigenvalue weighted by Crippen LogP contribution is 2.18. The highest BCUT2D eigenvalue weighted by molar-refractivity contribution is 6.30. The summed E-state index contributed by atoms with van der Waals surface area (Å²) in [6, 6.07) is 9.20. The zero-order chi connectivity index (χ0) is 16.9. The van der Waals surface area contributed by atoms with Gasteiger partial charge in [-0.3, -0.25) is 9.89 Å². The SMILES string of the molecule is Cc1cc(N2CCC(NC(=O)COc3ccc(Cl)cc3)CC2)n[nH]1. The Morgan fingerprint density at radius 3 is 2.71 bits per heavy atom. The standard InChI is InChI=1S/C17H21ClN4O2/c1-12-10-16(21-20-12)22-8-6-14(7-9-22)19-17(23)11-24-15-4-2-13(18)3-5-15/h2-5,10,14H,6-9,11H2,1H3,(H,19,23)(H,20,21). The molecule has 1 aliphatic rings. The first-order valence-electron chi connectivity index (χ1n) is 8.05. The van der Waals surface area contributed by atoms with Crippen molar-refractivity contribution < 1.29 is 9.53 Å². The fourth-order valence-corrected chi connectivity index (χ4v) is 2.89. The number of anilines is 1. The molecular weight excluding hydrogens is 328 g/mol. The number of aromatic amines is 1. The Kier molecular flexibility index (Phi) is 5.25. The predicted octanol–water partition coefficient (Wildman–Crippen LogP) is 2.54. The van der Waals surface area contributed by atoms with Crippen LogP contribution in [0.15, 0.2) is 30.3 Å². The van der Waals surface area contributed by atoms with Gasteiger partial charge in [-0.05, 0) is 44.0 Å². The Hall–Kier alpha value is -2.21. The number of rotatable bonds is 5. The summed E-state index contributed by atoms with van der Waals surface area (Å²) in [5, 5.41) is 10.9. The molecule has 128 valence electrons. The van der Waals surface area contributed by atoms with Crippen molar-refractivity contribution in [3.8, 4) is 5.75 Å². The van der Waals surface area contributed by atoms with Gasteiger partial charge in [0.2, 0.25) is 0 Å². The number of hydrogen-bond donors (Lipinski definition) is 2. The van der Waals surface area contributed by atoms with Gasteiger partial charge in [0.25, 0.3) is 5.91 Å². The highest BCUT2D eigenvalue weighted by Gasteiger charge is 2.22. The van der Waals surface area contributed by atoms with E-state index in [4.69, 9.17) is 16.3 Å². The largest absolute Gasteiger partial charge is 0.484 e. The predicted molar refractivity (Wildman–Crippen MR) is 93.6 cm³/mol. The van der Waals surface area contributed by atoms with Gasteiger partial charge in [0.05, 0.1) is 0 Å². The van der Waals surface area contributed by atoms with Crippen molar-refractivity contribution in [2.24, 2.45) is 0 Å². The van der Waals surface area contributed by atoms with E-state index in [0.717, 1.165) is 37.4 Å². The minimum Gasteiger partial charge on any atom is -0.484 e. The van der Waals surface area contributed by atoms with Crippen LogP contribution in [0.2, 0.25) is 5.02 Å². The number of benzene rings is 1. The van der Waals surface area contributed by atoms with E-state index in [1.54, 1.807) is 24.3 Å². The summed E-state index contributed by atoms with van der Waals surface area (Å²) >= 11 is 5.82. The molecule has 1 saturated heterocycles. The van der Waals surface area contributed by atoms with Crippen molar-refractivity contribution in [2.75, 3.05) is 24.6 Å². The molecule has 1 fully saturated rings. The lowest BCUT2D eigenvalue weighted by Crippen LogP contribution is -2.46. The van der Waals surface area contributed by atoms with Gasteiger partial charge in [-0.2, -0.15) is 5.10 Å². The molecule has 24 heavy (non-hydrogen) atoms. The molecule has 0 bridgehead atoms. The summed E-state index contributed by atoms with van der Waals surface area (Å²) in [4.78, 5) is 14.2. The molecule has 0 aliphatic carbocycles. The zero-order valence-electron chi connectivity index (χ0n) is 13.6. The van der Waals surface area contributed by atoms with Crippen LogP contribution < -0.4 is 15.0 Å². The van der Waals surface area contributed by atoms with Crippen LogP contribution in [0, 0.1) is 6.92 Å².